The van der Waals surface area contributed by atoms with E-state index >= 15 is 0 Å². The van der Waals surface area contributed by atoms with Crippen molar-refractivity contribution in [3.63, 3.8) is 0 Å². The fraction of sp³-hybridized carbons (Fsp3) is 0.368. The lowest BCUT2D eigenvalue weighted by molar-refractivity contribution is 0.268. The Labute approximate surface area is 162 Å². The Balaban J connectivity index is 1.67. The zero-order chi connectivity index (χ0) is 19.0. The lowest BCUT2D eigenvalue weighted by atomic mass is 10.1. The molecule has 6 nitrogen and oxygen atoms in total. The Bertz CT molecular complexity index is 1040. The van der Waals surface area contributed by atoms with Crippen molar-refractivity contribution in [3.8, 4) is 22.2 Å². The molecule has 1 atom stereocenters. The van der Waals surface area contributed by atoms with Crippen LogP contribution in [0.5, 0.6) is 0 Å². The highest BCUT2D eigenvalue weighted by Gasteiger charge is 2.33. The lowest BCUT2D eigenvalue weighted by Gasteiger charge is -2.32. The van der Waals surface area contributed by atoms with Gasteiger partial charge in [-0.2, -0.15) is 9.29 Å². The summed E-state index contributed by atoms with van der Waals surface area (Å²) < 4.78 is 33.3. The molecule has 0 amide bonds. The zero-order valence-corrected chi connectivity index (χ0v) is 16.9. The van der Waals surface area contributed by atoms with Gasteiger partial charge < -0.3 is 4.52 Å². The second-order valence-electron chi connectivity index (χ2n) is 6.78. The Hall–Kier alpha value is -2.03. The third-order valence-corrected chi connectivity index (χ3v) is 8.18. The number of aryl methyl sites for hydroxylation is 1. The van der Waals surface area contributed by atoms with Crippen molar-refractivity contribution in [2.75, 3.05) is 6.54 Å². The highest BCUT2D eigenvalue weighted by Crippen LogP contribution is 2.36. The molecule has 2 aromatic heterocycles. The highest BCUT2D eigenvalue weighted by molar-refractivity contribution is 7.89. The molecule has 0 spiro atoms. The highest BCUT2D eigenvalue weighted by atomic mass is 32.2. The minimum atomic E-state index is -3.52. The molecule has 0 radical (unpaired) electrons. The van der Waals surface area contributed by atoms with Crippen LogP contribution in [0, 0.1) is 6.92 Å². The SMILES string of the molecule is Cc1sc(-c2nc(-c3ccccc3)no2)cc1S(=O)(=O)N1CCCC[C@H]1C. The fourth-order valence-electron chi connectivity index (χ4n) is 3.41. The van der Waals surface area contributed by atoms with Gasteiger partial charge in [0, 0.05) is 23.0 Å². The van der Waals surface area contributed by atoms with Gasteiger partial charge in [0.2, 0.25) is 15.8 Å². The molecule has 27 heavy (non-hydrogen) atoms. The van der Waals surface area contributed by atoms with E-state index in [0.29, 0.717) is 28.0 Å². The van der Waals surface area contributed by atoms with Crippen LogP contribution in [0.2, 0.25) is 0 Å². The monoisotopic (exact) mass is 403 g/mol. The van der Waals surface area contributed by atoms with Crippen molar-refractivity contribution in [2.45, 2.75) is 44.0 Å². The molecule has 4 rings (SSSR count). The predicted octanol–water partition coefficient (Wildman–Crippen LogP) is 4.34. The van der Waals surface area contributed by atoms with Crippen LogP contribution >= 0.6 is 11.3 Å². The second kappa shape index (κ2) is 7.18. The van der Waals surface area contributed by atoms with Gasteiger partial charge in [0.1, 0.15) is 0 Å². The minimum absolute atomic E-state index is 0.0274. The number of rotatable bonds is 4. The molecule has 0 saturated carbocycles. The zero-order valence-electron chi connectivity index (χ0n) is 15.3. The van der Waals surface area contributed by atoms with Crippen LogP contribution in [0.15, 0.2) is 45.8 Å². The summed E-state index contributed by atoms with van der Waals surface area (Å²) in [4.78, 5) is 6.19. The van der Waals surface area contributed by atoms with Gasteiger partial charge in [0.15, 0.2) is 0 Å². The fourth-order valence-corrected chi connectivity index (χ4v) is 6.59. The summed E-state index contributed by atoms with van der Waals surface area (Å²) in [7, 11) is -3.52. The van der Waals surface area contributed by atoms with E-state index in [9.17, 15) is 8.42 Å². The smallest absolute Gasteiger partial charge is 0.268 e. The third-order valence-electron chi connectivity index (χ3n) is 4.87. The number of hydrogen-bond acceptors (Lipinski definition) is 6. The van der Waals surface area contributed by atoms with E-state index in [2.05, 4.69) is 10.1 Å². The summed E-state index contributed by atoms with van der Waals surface area (Å²) in [6.07, 6.45) is 2.88. The summed E-state index contributed by atoms with van der Waals surface area (Å²) in [5, 5.41) is 4.03. The Kier molecular flexibility index (Phi) is 4.88. The largest absolute Gasteiger partial charge is 0.333 e. The number of sulfonamides is 1. The predicted molar refractivity (Wildman–Crippen MR) is 105 cm³/mol. The van der Waals surface area contributed by atoms with Crippen LogP contribution in [0.3, 0.4) is 0 Å². The summed E-state index contributed by atoms with van der Waals surface area (Å²) in [5.41, 5.74) is 0.857. The first-order valence-corrected chi connectivity index (χ1v) is 11.2. The van der Waals surface area contributed by atoms with E-state index in [0.717, 1.165) is 29.7 Å². The lowest BCUT2D eigenvalue weighted by Crippen LogP contribution is -2.41. The molecular weight excluding hydrogens is 382 g/mol. The molecule has 142 valence electrons. The van der Waals surface area contributed by atoms with Gasteiger partial charge in [-0.25, -0.2) is 8.42 Å². The van der Waals surface area contributed by atoms with Crippen molar-refractivity contribution in [2.24, 2.45) is 0 Å². The number of hydrogen-bond donors (Lipinski definition) is 0. The topological polar surface area (TPSA) is 76.3 Å². The number of nitrogens with zero attached hydrogens (tertiary/aromatic N) is 3. The molecule has 1 aromatic carbocycles. The van der Waals surface area contributed by atoms with E-state index < -0.39 is 10.0 Å². The normalized spacial score (nSPS) is 18.7. The van der Waals surface area contributed by atoms with Crippen LogP contribution < -0.4 is 0 Å². The maximum Gasteiger partial charge on any atom is 0.268 e. The van der Waals surface area contributed by atoms with Crippen LogP contribution in [-0.2, 0) is 10.0 Å². The van der Waals surface area contributed by atoms with Gasteiger partial charge in [-0.3, -0.25) is 0 Å². The summed E-state index contributed by atoms with van der Waals surface area (Å²) in [6.45, 7) is 4.38. The molecule has 1 saturated heterocycles. The van der Waals surface area contributed by atoms with E-state index in [1.165, 1.54) is 11.3 Å². The van der Waals surface area contributed by atoms with Crippen LogP contribution in [0.4, 0.5) is 0 Å². The molecule has 1 aliphatic heterocycles. The van der Waals surface area contributed by atoms with Crippen LogP contribution in [0.1, 0.15) is 31.1 Å². The van der Waals surface area contributed by atoms with Gasteiger partial charge in [-0.05, 0) is 32.8 Å². The van der Waals surface area contributed by atoms with E-state index in [1.54, 1.807) is 10.4 Å². The first-order valence-electron chi connectivity index (χ1n) is 8.98. The molecule has 1 fully saturated rings. The van der Waals surface area contributed by atoms with Crippen molar-refractivity contribution in [1.82, 2.24) is 14.4 Å². The van der Waals surface area contributed by atoms with Gasteiger partial charge in [0.05, 0.1) is 9.77 Å². The Morgan fingerprint density at radius 3 is 2.74 bits per heavy atom. The van der Waals surface area contributed by atoms with Crippen molar-refractivity contribution in [1.29, 1.82) is 0 Å². The van der Waals surface area contributed by atoms with E-state index in [-0.39, 0.29) is 6.04 Å². The van der Waals surface area contributed by atoms with Crippen molar-refractivity contribution < 1.29 is 12.9 Å². The number of piperidine rings is 1. The number of aromatic nitrogens is 2. The third kappa shape index (κ3) is 3.44. The van der Waals surface area contributed by atoms with Crippen molar-refractivity contribution in [3.05, 3.63) is 41.3 Å². The van der Waals surface area contributed by atoms with Gasteiger partial charge in [0.25, 0.3) is 5.89 Å². The summed E-state index contributed by atoms with van der Waals surface area (Å²) in [5.74, 6) is 0.834. The first-order chi connectivity index (χ1) is 13.0. The molecule has 0 bridgehead atoms. The molecular formula is C19H21N3O3S2. The van der Waals surface area contributed by atoms with E-state index in [1.807, 2.05) is 44.2 Å². The number of benzene rings is 1. The average Bonchev–Trinajstić information content (AvgIpc) is 3.30. The maximum atomic E-state index is 13.2. The molecule has 0 unspecified atom stereocenters. The Morgan fingerprint density at radius 2 is 2.00 bits per heavy atom. The van der Waals surface area contributed by atoms with Crippen molar-refractivity contribution >= 4 is 21.4 Å². The standard InChI is InChI=1S/C19H21N3O3S2/c1-13-8-6-7-11-22(13)27(23,24)17-12-16(26-14(17)2)19-20-18(21-25-19)15-9-4-3-5-10-15/h3-5,9-10,12-13H,6-8,11H2,1-2H3/t13-/m1/s1. The average molecular weight is 404 g/mol. The molecule has 3 heterocycles. The molecule has 3 aromatic rings. The molecule has 0 aliphatic carbocycles. The molecule has 1 aliphatic rings. The number of thiophene rings is 1. The van der Waals surface area contributed by atoms with Gasteiger partial charge in [-0.15, -0.1) is 11.3 Å². The van der Waals surface area contributed by atoms with Crippen LogP contribution in [-0.4, -0.2) is 35.5 Å². The van der Waals surface area contributed by atoms with E-state index in [4.69, 9.17) is 4.52 Å². The summed E-state index contributed by atoms with van der Waals surface area (Å²) >= 11 is 1.37. The second-order valence-corrected chi connectivity index (χ2v) is 9.90. The minimum Gasteiger partial charge on any atom is -0.333 e. The maximum absolute atomic E-state index is 13.2. The van der Waals surface area contributed by atoms with Gasteiger partial charge in [-0.1, -0.05) is 41.9 Å². The molecule has 0 N–H and O–H groups in total. The first kappa shape index (κ1) is 18.3. The molecule has 8 heteroatoms. The summed E-state index contributed by atoms with van der Waals surface area (Å²) in [6, 6.07) is 11.2. The Morgan fingerprint density at radius 1 is 1.22 bits per heavy atom. The quantitative estimate of drug-likeness (QED) is 0.648. The van der Waals surface area contributed by atoms with Crippen LogP contribution in [0.25, 0.3) is 22.2 Å². The van der Waals surface area contributed by atoms with Gasteiger partial charge >= 0.3 is 0 Å².